The third-order valence-electron chi connectivity index (χ3n) is 13.6. The molecule has 0 aromatic carbocycles. The van der Waals surface area contributed by atoms with Crippen LogP contribution in [0.4, 0.5) is 0 Å². The molecule has 4 heterocycles. The van der Waals surface area contributed by atoms with E-state index >= 15 is 0 Å². The van der Waals surface area contributed by atoms with Crippen LogP contribution in [-0.4, -0.2) is 86.1 Å². The molecule has 200 valence electrons. The molecule has 8 fully saturated rings. The van der Waals surface area contributed by atoms with E-state index in [1.165, 1.54) is 0 Å². The van der Waals surface area contributed by atoms with Crippen LogP contribution in [0.25, 0.3) is 0 Å². The van der Waals surface area contributed by atoms with Gasteiger partial charge in [-0.25, -0.2) is 0 Å². The molecule has 0 aromatic rings. The second-order valence-corrected chi connectivity index (χ2v) is 14.1. The number of carbonyl (C=O) groups is 3. The van der Waals surface area contributed by atoms with Crippen LogP contribution in [0.2, 0.25) is 0 Å². The summed E-state index contributed by atoms with van der Waals surface area (Å²) in [5, 5.41) is 24.4. The van der Waals surface area contributed by atoms with Crippen LogP contribution in [0.15, 0.2) is 23.7 Å². The van der Waals surface area contributed by atoms with Gasteiger partial charge in [-0.2, -0.15) is 0 Å². The molecular formula is C28H28O10. The fourth-order valence-electron chi connectivity index (χ4n) is 11.4. The highest BCUT2D eigenvalue weighted by atomic mass is 16.6. The summed E-state index contributed by atoms with van der Waals surface area (Å²) in [4.78, 5) is 41.5. The minimum absolute atomic E-state index is 0.0976. The molecule has 3 spiro atoms. The Morgan fingerprint density at radius 2 is 1.63 bits per heavy atom. The van der Waals surface area contributed by atoms with Gasteiger partial charge in [0, 0.05) is 17.4 Å². The number of ketones is 3. The maximum atomic E-state index is 14.5. The molecule has 0 amide bonds. The molecule has 6 aliphatic carbocycles. The molecule has 2 bridgehead atoms. The van der Waals surface area contributed by atoms with Crippen LogP contribution in [0.1, 0.15) is 40.5 Å². The largest absolute Gasteiger partial charge is 0.477 e. The van der Waals surface area contributed by atoms with Crippen molar-refractivity contribution in [1.82, 2.24) is 0 Å². The zero-order valence-electron chi connectivity index (χ0n) is 21.5. The Labute approximate surface area is 217 Å². The molecule has 10 rings (SSSR count). The van der Waals surface area contributed by atoms with Crippen LogP contribution in [0, 0.1) is 28.6 Å². The molecule has 14 atom stereocenters. The zero-order valence-corrected chi connectivity index (χ0v) is 21.5. The molecule has 0 aromatic heterocycles. The predicted molar refractivity (Wildman–Crippen MR) is 121 cm³/mol. The van der Waals surface area contributed by atoms with Gasteiger partial charge in [-0.05, 0) is 33.6 Å². The second-order valence-electron chi connectivity index (χ2n) is 14.1. The summed E-state index contributed by atoms with van der Waals surface area (Å²) in [5.41, 5.74) is -10.5. The second kappa shape index (κ2) is 4.96. The van der Waals surface area contributed by atoms with Gasteiger partial charge in [0.1, 0.15) is 34.8 Å². The fraction of sp³-hybridized carbons (Fsp3) is 0.750. The van der Waals surface area contributed by atoms with Gasteiger partial charge in [0.15, 0.2) is 40.2 Å². The molecule has 2 N–H and O–H groups in total. The summed E-state index contributed by atoms with van der Waals surface area (Å²) in [5.74, 6) is -2.24. The van der Waals surface area contributed by atoms with E-state index in [0.717, 1.165) is 0 Å². The van der Waals surface area contributed by atoms with Crippen molar-refractivity contribution in [3.05, 3.63) is 23.7 Å². The summed E-state index contributed by atoms with van der Waals surface area (Å²) in [6.45, 7) is 11.1. The van der Waals surface area contributed by atoms with Crippen LogP contribution in [0.3, 0.4) is 0 Å². The first kappa shape index (κ1) is 21.7. The highest BCUT2D eigenvalue weighted by Crippen LogP contribution is 2.83. The van der Waals surface area contributed by atoms with E-state index in [0.29, 0.717) is 0 Å². The van der Waals surface area contributed by atoms with Gasteiger partial charge in [0.2, 0.25) is 5.78 Å². The van der Waals surface area contributed by atoms with Crippen molar-refractivity contribution in [2.45, 2.75) is 92.5 Å². The summed E-state index contributed by atoms with van der Waals surface area (Å²) in [6.07, 6.45) is -1.95. The van der Waals surface area contributed by atoms with E-state index < -0.39 is 74.3 Å². The Balaban J connectivity index is 1.22. The summed E-state index contributed by atoms with van der Waals surface area (Å²) < 4.78 is 31.6. The molecule has 3 saturated heterocycles. The first-order valence-electron chi connectivity index (χ1n) is 13.5. The molecule has 4 aliphatic heterocycles. The van der Waals surface area contributed by atoms with Crippen molar-refractivity contribution >= 4 is 17.3 Å². The summed E-state index contributed by atoms with van der Waals surface area (Å²) in [7, 11) is 0. The minimum atomic E-state index is -1.73. The van der Waals surface area contributed by atoms with Crippen LogP contribution in [0.5, 0.6) is 0 Å². The van der Waals surface area contributed by atoms with Crippen molar-refractivity contribution in [1.29, 1.82) is 0 Å². The van der Waals surface area contributed by atoms with Crippen molar-refractivity contribution in [3.8, 4) is 0 Å². The van der Waals surface area contributed by atoms with E-state index in [9.17, 15) is 24.6 Å². The van der Waals surface area contributed by atoms with Gasteiger partial charge in [-0.15, -0.1) is 0 Å². The highest BCUT2D eigenvalue weighted by Gasteiger charge is 2.97. The average molecular weight is 525 g/mol. The van der Waals surface area contributed by atoms with Gasteiger partial charge < -0.3 is 33.9 Å². The number of ether oxygens (including phenoxy) is 5. The van der Waals surface area contributed by atoms with Crippen LogP contribution < -0.4 is 0 Å². The van der Waals surface area contributed by atoms with Gasteiger partial charge in [0.05, 0.1) is 23.4 Å². The topological polar surface area (TPSA) is 144 Å². The number of aliphatic hydroxyl groups is 2. The third-order valence-corrected chi connectivity index (χ3v) is 13.6. The Bertz CT molecular complexity index is 1480. The van der Waals surface area contributed by atoms with Crippen LogP contribution in [-0.2, 0) is 38.1 Å². The van der Waals surface area contributed by atoms with E-state index in [-0.39, 0.29) is 60.1 Å². The number of Topliss-reactive ketones (excluding diaryl/α,β-unsaturated/α-hetero) is 3. The highest BCUT2D eigenvalue weighted by molar-refractivity contribution is 6.12. The lowest BCUT2D eigenvalue weighted by Crippen LogP contribution is -2.61. The van der Waals surface area contributed by atoms with E-state index in [4.69, 9.17) is 23.7 Å². The van der Waals surface area contributed by atoms with Crippen LogP contribution >= 0.6 is 0 Å². The number of hydrogen-bond acceptors (Lipinski definition) is 10. The Morgan fingerprint density at radius 1 is 0.921 bits per heavy atom. The Hall–Kier alpha value is -2.11. The van der Waals surface area contributed by atoms with Gasteiger partial charge in [-0.3, -0.25) is 14.4 Å². The summed E-state index contributed by atoms with van der Waals surface area (Å²) in [6, 6.07) is 0. The van der Waals surface area contributed by atoms with E-state index in [1.54, 1.807) is 20.8 Å². The number of fused-ring (bicyclic) bond motifs is 5. The molecular weight excluding hydrogens is 496 g/mol. The quantitative estimate of drug-likeness (QED) is 0.325. The lowest BCUT2D eigenvalue weighted by molar-refractivity contribution is -0.177. The first-order chi connectivity index (χ1) is 17.7. The Kier molecular flexibility index (Phi) is 2.83. The van der Waals surface area contributed by atoms with Gasteiger partial charge in [0.25, 0.3) is 0 Å². The Morgan fingerprint density at radius 3 is 2.37 bits per heavy atom. The average Bonchev–Trinajstić information content (AvgIpc) is 3.62. The first-order valence-corrected chi connectivity index (χ1v) is 13.5. The molecule has 10 nitrogen and oxygen atoms in total. The zero-order chi connectivity index (χ0) is 26.6. The normalized spacial score (nSPS) is 68.5. The smallest absolute Gasteiger partial charge is 0.223 e. The van der Waals surface area contributed by atoms with Crippen molar-refractivity contribution in [2.24, 2.45) is 28.6 Å². The third kappa shape index (κ3) is 1.40. The predicted octanol–water partition coefficient (Wildman–Crippen LogP) is -0.115. The minimum Gasteiger partial charge on any atom is -0.477 e. The molecule has 10 heteroatoms. The van der Waals surface area contributed by atoms with Gasteiger partial charge >= 0.3 is 0 Å². The number of carbonyl (C=O) groups excluding carboxylic acids is 3. The summed E-state index contributed by atoms with van der Waals surface area (Å²) >= 11 is 0. The molecule has 38 heavy (non-hydrogen) atoms. The monoisotopic (exact) mass is 524 g/mol. The van der Waals surface area contributed by atoms with Crippen molar-refractivity contribution in [3.63, 3.8) is 0 Å². The maximum absolute atomic E-state index is 14.5. The fourth-order valence-corrected chi connectivity index (χ4v) is 11.4. The lowest BCUT2D eigenvalue weighted by Gasteiger charge is -2.46. The van der Waals surface area contributed by atoms with E-state index in [1.807, 2.05) is 6.92 Å². The molecule has 5 saturated carbocycles. The number of aliphatic hydroxyl groups excluding tert-OH is 1. The van der Waals surface area contributed by atoms with Crippen molar-refractivity contribution in [2.75, 3.05) is 6.61 Å². The standard InChI is InChI=1S/C28H28O10/c1-9-13(29)17-26(37-17)7-10-15(30)21(2)19(31)28(10,23(9,26)4)38-18-14(35-21)12-8-34-27-11(6-25(18,33)24(12,27)5)16-22(3,36-16)20(27)32/h10-12,15-17,30,33H,1,6-8H2,2-5H3/t10-,11-,12+,15+,16+,17+,21-,22+,23+,24+,25+,26+,27+,28+/m0/s1. The SMILES string of the molecule is C=C1C(=O)[C@H]2O[C@]23C[C@H]2[C@@H](O)[C@]4(C)OC5=C(O[C@]2(C4=O)[C@]13C)[C@]1(O)C[C@H]2[C@H]3O[C@@]3(C)C(=O)[C@]23OC[C@H]5[C@]13C. The molecule has 0 unspecified atom stereocenters. The van der Waals surface area contributed by atoms with Gasteiger partial charge in [-0.1, -0.05) is 13.5 Å². The lowest BCUT2D eigenvalue weighted by atomic mass is 9.63. The van der Waals surface area contributed by atoms with Crippen molar-refractivity contribution < 1.29 is 48.3 Å². The number of hydrogen-bond donors (Lipinski definition) is 2. The van der Waals surface area contributed by atoms with E-state index in [2.05, 4.69) is 6.58 Å². The number of rotatable bonds is 0. The molecule has 0 radical (unpaired) electrons. The number of epoxide rings is 2. The maximum Gasteiger partial charge on any atom is 0.223 e. The molecule has 10 aliphatic rings.